The third-order valence-corrected chi connectivity index (χ3v) is 7.17. The minimum Gasteiger partial charge on any atom is -0.311 e. The summed E-state index contributed by atoms with van der Waals surface area (Å²) in [6.07, 6.45) is 4.62. The Hall–Kier alpha value is -2.18. The highest BCUT2D eigenvalue weighted by Gasteiger charge is 2.39. The van der Waals surface area contributed by atoms with E-state index < -0.39 is 10.0 Å². The smallest absolute Gasteiger partial charge is 0.258 e. The number of benzene rings is 1. The normalized spacial score (nSPS) is 23.1. The van der Waals surface area contributed by atoms with E-state index in [9.17, 15) is 13.2 Å². The number of hydrogen-bond acceptors (Lipinski definition) is 3. The van der Waals surface area contributed by atoms with E-state index in [-0.39, 0.29) is 17.4 Å². The minimum atomic E-state index is -3.50. The van der Waals surface area contributed by atoms with Crippen LogP contribution in [0.25, 0.3) is 6.08 Å². The van der Waals surface area contributed by atoms with Crippen molar-refractivity contribution in [2.24, 2.45) is 5.92 Å². The maximum atomic E-state index is 13.0. The lowest BCUT2D eigenvalue weighted by Gasteiger charge is -2.42. The zero-order chi connectivity index (χ0) is 18.3. The maximum Gasteiger partial charge on any atom is 0.258 e. The topological polar surface area (TPSA) is 59.4 Å². The van der Waals surface area contributed by atoms with Crippen molar-refractivity contribution in [3.8, 4) is 0 Å². The van der Waals surface area contributed by atoms with Gasteiger partial charge in [-0.2, -0.15) is 4.31 Å². The van der Waals surface area contributed by atoms with Crippen LogP contribution in [0.1, 0.15) is 30.5 Å². The second-order valence-corrected chi connectivity index (χ2v) is 9.00. The summed E-state index contributed by atoms with van der Waals surface area (Å²) in [5, 5.41) is 0. The van der Waals surface area contributed by atoms with Crippen LogP contribution in [0.5, 0.6) is 0 Å². The van der Waals surface area contributed by atoms with Gasteiger partial charge in [0.2, 0.25) is 10.0 Å². The van der Waals surface area contributed by atoms with Gasteiger partial charge in [-0.25, -0.2) is 8.42 Å². The van der Waals surface area contributed by atoms with Gasteiger partial charge in [0.25, 0.3) is 5.56 Å². The molecule has 2 bridgehead atoms. The highest BCUT2D eigenvalue weighted by atomic mass is 32.2. The lowest BCUT2D eigenvalue weighted by atomic mass is 9.84. The number of pyridine rings is 1. The van der Waals surface area contributed by atoms with Crippen LogP contribution in [0, 0.1) is 5.92 Å². The van der Waals surface area contributed by atoms with Crippen molar-refractivity contribution in [3.05, 3.63) is 70.2 Å². The van der Waals surface area contributed by atoms with E-state index in [1.165, 1.54) is 0 Å². The minimum absolute atomic E-state index is 0.0228. The highest BCUT2D eigenvalue weighted by molar-refractivity contribution is 7.89. The lowest BCUT2D eigenvalue weighted by Crippen LogP contribution is -2.49. The van der Waals surface area contributed by atoms with E-state index in [0.717, 1.165) is 12.1 Å². The molecule has 3 heterocycles. The molecule has 1 saturated heterocycles. The van der Waals surface area contributed by atoms with Crippen molar-refractivity contribution >= 4 is 16.1 Å². The van der Waals surface area contributed by atoms with Crippen molar-refractivity contribution in [3.63, 3.8) is 0 Å². The van der Waals surface area contributed by atoms with Crippen molar-refractivity contribution < 1.29 is 8.42 Å². The van der Waals surface area contributed by atoms with Gasteiger partial charge in [0, 0.05) is 36.8 Å². The summed E-state index contributed by atoms with van der Waals surface area (Å²) in [5.74, 6) is 0.228. The number of nitrogens with zero attached hydrogens (tertiary/aromatic N) is 2. The van der Waals surface area contributed by atoms with E-state index in [4.69, 9.17) is 0 Å². The Morgan fingerprint density at radius 3 is 2.54 bits per heavy atom. The Kier molecular flexibility index (Phi) is 4.32. The Bertz CT molecular complexity index is 1010. The van der Waals surface area contributed by atoms with Gasteiger partial charge in [-0.1, -0.05) is 30.4 Å². The van der Waals surface area contributed by atoms with Gasteiger partial charge in [-0.15, -0.1) is 0 Å². The number of fused-ring (bicyclic) bond motifs is 4. The number of sulfonamides is 1. The lowest BCUT2D eigenvalue weighted by molar-refractivity contribution is 0.186. The van der Waals surface area contributed by atoms with Gasteiger partial charge >= 0.3 is 0 Å². The van der Waals surface area contributed by atoms with Crippen LogP contribution >= 0.6 is 0 Å². The third-order valence-electron chi connectivity index (χ3n) is 5.33. The Labute approximate surface area is 153 Å². The van der Waals surface area contributed by atoms with Crippen LogP contribution in [-0.4, -0.2) is 30.4 Å². The molecule has 1 aromatic carbocycles. The summed E-state index contributed by atoms with van der Waals surface area (Å²) in [7, 11) is -3.50. The van der Waals surface area contributed by atoms with Gasteiger partial charge < -0.3 is 4.57 Å². The molecule has 1 aromatic heterocycles. The number of hydrogen-bond donors (Lipinski definition) is 0. The van der Waals surface area contributed by atoms with Gasteiger partial charge in [-0.05, 0) is 43.5 Å². The van der Waals surface area contributed by atoms with E-state index in [1.807, 2.05) is 41.8 Å². The number of allylic oxidation sites excluding steroid dienone is 1. The summed E-state index contributed by atoms with van der Waals surface area (Å²) in [5.41, 5.74) is 1.66. The van der Waals surface area contributed by atoms with E-state index in [1.54, 1.807) is 28.6 Å². The first-order chi connectivity index (χ1) is 12.5. The average Bonchev–Trinajstić information content (AvgIpc) is 2.65. The number of aromatic nitrogens is 1. The average molecular weight is 370 g/mol. The highest BCUT2D eigenvalue weighted by Crippen LogP contribution is 2.37. The second kappa shape index (κ2) is 6.52. The van der Waals surface area contributed by atoms with Crippen LogP contribution in [0.2, 0.25) is 0 Å². The van der Waals surface area contributed by atoms with Crippen molar-refractivity contribution in [2.45, 2.75) is 30.7 Å². The molecule has 0 N–H and O–H groups in total. The first-order valence-corrected chi connectivity index (χ1v) is 10.4. The van der Waals surface area contributed by atoms with Gasteiger partial charge in [-0.3, -0.25) is 4.79 Å². The molecule has 2 aromatic rings. The molecule has 2 aliphatic rings. The van der Waals surface area contributed by atoms with Crippen LogP contribution in [0.4, 0.5) is 0 Å². The van der Waals surface area contributed by atoms with E-state index in [2.05, 4.69) is 0 Å². The van der Waals surface area contributed by atoms with Crippen molar-refractivity contribution in [2.75, 3.05) is 13.1 Å². The first kappa shape index (κ1) is 17.2. The Balaban J connectivity index is 1.69. The van der Waals surface area contributed by atoms with Crippen LogP contribution in [-0.2, 0) is 16.6 Å². The Morgan fingerprint density at radius 1 is 1.04 bits per heavy atom. The summed E-state index contributed by atoms with van der Waals surface area (Å²) in [4.78, 5) is 13.0. The van der Waals surface area contributed by atoms with Crippen molar-refractivity contribution in [1.29, 1.82) is 0 Å². The molecule has 5 nitrogen and oxygen atoms in total. The quantitative estimate of drug-likeness (QED) is 0.835. The fourth-order valence-electron chi connectivity index (χ4n) is 4.16. The molecule has 0 saturated carbocycles. The molecule has 0 radical (unpaired) electrons. The molecule has 6 heteroatoms. The van der Waals surface area contributed by atoms with Gasteiger partial charge in [0.05, 0.1) is 4.90 Å². The van der Waals surface area contributed by atoms with Crippen LogP contribution in [0.3, 0.4) is 0 Å². The largest absolute Gasteiger partial charge is 0.311 e. The van der Waals surface area contributed by atoms with Gasteiger partial charge in [0.1, 0.15) is 0 Å². The van der Waals surface area contributed by atoms with E-state index in [0.29, 0.717) is 30.1 Å². The summed E-state index contributed by atoms with van der Waals surface area (Å²) >= 11 is 0. The third kappa shape index (κ3) is 2.83. The molecule has 0 amide bonds. The molecule has 136 valence electrons. The zero-order valence-electron chi connectivity index (χ0n) is 14.7. The fraction of sp³-hybridized carbons (Fsp3) is 0.350. The molecule has 2 aliphatic heterocycles. The number of rotatable bonds is 3. The molecule has 2 atom stereocenters. The van der Waals surface area contributed by atoms with Crippen LogP contribution < -0.4 is 5.56 Å². The number of piperidine rings is 1. The molecule has 0 unspecified atom stereocenters. The van der Waals surface area contributed by atoms with E-state index >= 15 is 0 Å². The first-order valence-electron chi connectivity index (χ1n) is 8.92. The fourth-order valence-corrected chi connectivity index (χ4v) is 5.75. The monoisotopic (exact) mass is 370 g/mol. The van der Waals surface area contributed by atoms with Crippen molar-refractivity contribution in [1.82, 2.24) is 8.87 Å². The SMILES string of the molecule is C/C=C/c1ccc2n(c1=O)C[C@H]1C[C@@H]2CN(S(=O)(=O)c2ccccc2)C1. The molecular formula is C20H22N2O3S. The van der Waals surface area contributed by atoms with Crippen LogP contribution in [0.15, 0.2) is 58.2 Å². The maximum absolute atomic E-state index is 13.0. The standard InChI is InChI=1S/C20H22N2O3S/c1-2-6-16-9-10-19-17-11-15(13-22(19)20(16)23)12-21(14-17)26(24,25)18-7-4-3-5-8-18/h2-10,15,17H,11-14H2,1H3/b6-2+/t15-,17+/m0/s1. The van der Waals surface area contributed by atoms with Gasteiger partial charge in [0.15, 0.2) is 0 Å². The molecular weight excluding hydrogens is 348 g/mol. The summed E-state index contributed by atoms with van der Waals surface area (Å²) < 4.78 is 29.4. The Morgan fingerprint density at radius 2 is 1.81 bits per heavy atom. The summed E-state index contributed by atoms with van der Waals surface area (Å²) in [6, 6.07) is 12.4. The summed E-state index contributed by atoms with van der Waals surface area (Å²) in [6.45, 7) is 3.37. The molecule has 1 fully saturated rings. The molecule has 4 rings (SSSR count). The molecule has 26 heavy (non-hydrogen) atoms. The molecule has 0 spiro atoms. The second-order valence-electron chi connectivity index (χ2n) is 7.06. The molecule has 0 aliphatic carbocycles. The predicted octanol–water partition coefficient (Wildman–Crippen LogP) is 2.69. The predicted molar refractivity (Wildman–Crippen MR) is 101 cm³/mol. The zero-order valence-corrected chi connectivity index (χ0v) is 15.5.